The molecule has 0 aromatic rings. The van der Waals surface area contributed by atoms with E-state index in [0.29, 0.717) is 19.2 Å². The van der Waals surface area contributed by atoms with E-state index in [0.717, 1.165) is 24.2 Å². The van der Waals surface area contributed by atoms with Crippen LogP contribution in [-0.2, 0) is 4.74 Å². The van der Waals surface area contributed by atoms with Gasteiger partial charge in [0, 0.05) is 12.6 Å². The van der Waals surface area contributed by atoms with Crippen LogP contribution in [0.25, 0.3) is 0 Å². The SMILES string of the molecule is CCC(C)NCC(O)COC12CC3CC(CC(C3)C1)C2. The van der Waals surface area contributed by atoms with Gasteiger partial charge in [0.1, 0.15) is 0 Å². The zero-order valence-corrected chi connectivity index (χ0v) is 13.1. The lowest BCUT2D eigenvalue weighted by Crippen LogP contribution is -2.53. The van der Waals surface area contributed by atoms with Crippen molar-refractivity contribution in [2.45, 2.75) is 76.5 Å². The van der Waals surface area contributed by atoms with Gasteiger partial charge in [-0.1, -0.05) is 6.92 Å². The van der Waals surface area contributed by atoms with Gasteiger partial charge >= 0.3 is 0 Å². The third-order valence-electron chi connectivity index (χ3n) is 5.88. The molecule has 0 aromatic carbocycles. The lowest BCUT2D eigenvalue weighted by atomic mass is 9.54. The Morgan fingerprint density at radius 3 is 2.20 bits per heavy atom. The summed E-state index contributed by atoms with van der Waals surface area (Å²) in [5.41, 5.74) is 0.131. The molecule has 4 saturated carbocycles. The van der Waals surface area contributed by atoms with Crippen molar-refractivity contribution in [1.29, 1.82) is 0 Å². The molecule has 4 aliphatic carbocycles. The minimum Gasteiger partial charge on any atom is -0.389 e. The molecule has 4 rings (SSSR count). The molecule has 4 fully saturated rings. The molecule has 0 aromatic heterocycles. The van der Waals surface area contributed by atoms with Crippen LogP contribution in [0.4, 0.5) is 0 Å². The fourth-order valence-electron chi connectivity index (χ4n) is 5.02. The fraction of sp³-hybridized carbons (Fsp3) is 1.00. The van der Waals surface area contributed by atoms with Crippen molar-refractivity contribution >= 4 is 0 Å². The third-order valence-corrected chi connectivity index (χ3v) is 5.88. The highest BCUT2D eigenvalue weighted by molar-refractivity contribution is 5.03. The van der Waals surface area contributed by atoms with Gasteiger partial charge in [-0.3, -0.25) is 0 Å². The molecule has 2 atom stereocenters. The molecular weight excluding hydrogens is 250 g/mol. The second kappa shape index (κ2) is 5.94. The highest BCUT2D eigenvalue weighted by atomic mass is 16.5. The van der Waals surface area contributed by atoms with Crippen molar-refractivity contribution in [3.05, 3.63) is 0 Å². The van der Waals surface area contributed by atoms with Gasteiger partial charge in [0.2, 0.25) is 0 Å². The van der Waals surface area contributed by atoms with E-state index in [9.17, 15) is 5.11 Å². The maximum atomic E-state index is 10.1. The number of hydrogen-bond donors (Lipinski definition) is 2. The van der Waals surface area contributed by atoms with Gasteiger partial charge in [-0.15, -0.1) is 0 Å². The van der Waals surface area contributed by atoms with E-state index in [2.05, 4.69) is 19.2 Å². The molecule has 20 heavy (non-hydrogen) atoms. The van der Waals surface area contributed by atoms with Gasteiger partial charge in [0.15, 0.2) is 0 Å². The first kappa shape index (κ1) is 14.8. The molecule has 0 radical (unpaired) electrons. The molecular formula is C17H31NO2. The average molecular weight is 281 g/mol. The molecule has 0 saturated heterocycles. The quantitative estimate of drug-likeness (QED) is 0.754. The van der Waals surface area contributed by atoms with Crippen molar-refractivity contribution in [3.8, 4) is 0 Å². The smallest absolute Gasteiger partial charge is 0.0898 e. The maximum Gasteiger partial charge on any atom is 0.0898 e. The first-order valence-corrected chi connectivity index (χ1v) is 8.64. The van der Waals surface area contributed by atoms with Gasteiger partial charge in [-0.25, -0.2) is 0 Å². The summed E-state index contributed by atoms with van der Waals surface area (Å²) in [5, 5.41) is 13.5. The van der Waals surface area contributed by atoms with E-state index in [1.165, 1.54) is 38.5 Å². The molecule has 0 aliphatic heterocycles. The van der Waals surface area contributed by atoms with Gasteiger partial charge in [-0.05, 0) is 69.6 Å². The predicted molar refractivity (Wildman–Crippen MR) is 80.6 cm³/mol. The van der Waals surface area contributed by atoms with Gasteiger partial charge in [0.05, 0.1) is 18.3 Å². The molecule has 2 N–H and O–H groups in total. The second-order valence-corrected chi connectivity index (χ2v) is 7.78. The van der Waals surface area contributed by atoms with E-state index in [1.54, 1.807) is 0 Å². The van der Waals surface area contributed by atoms with Crippen LogP contribution in [0.1, 0.15) is 58.8 Å². The van der Waals surface area contributed by atoms with E-state index in [1.807, 2.05) is 0 Å². The molecule has 2 unspecified atom stereocenters. The van der Waals surface area contributed by atoms with Crippen molar-refractivity contribution in [3.63, 3.8) is 0 Å². The molecule has 0 amide bonds. The van der Waals surface area contributed by atoms with Crippen LogP contribution in [0.5, 0.6) is 0 Å². The van der Waals surface area contributed by atoms with Crippen LogP contribution in [0, 0.1) is 17.8 Å². The summed E-state index contributed by atoms with van der Waals surface area (Å²) in [7, 11) is 0. The highest BCUT2D eigenvalue weighted by Crippen LogP contribution is 2.57. The number of aliphatic hydroxyl groups is 1. The van der Waals surface area contributed by atoms with Crippen molar-refractivity contribution in [2.24, 2.45) is 17.8 Å². The predicted octanol–water partition coefficient (Wildman–Crippen LogP) is 2.72. The monoisotopic (exact) mass is 281 g/mol. The maximum absolute atomic E-state index is 10.1. The Morgan fingerprint density at radius 2 is 1.70 bits per heavy atom. The highest BCUT2D eigenvalue weighted by Gasteiger charge is 2.51. The largest absolute Gasteiger partial charge is 0.389 e. The summed E-state index contributed by atoms with van der Waals surface area (Å²) in [6.45, 7) is 5.49. The number of ether oxygens (including phenoxy) is 1. The normalized spacial score (nSPS) is 41.9. The van der Waals surface area contributed by atoms with E-state index < -0.39 is 0 Å². The first-order chi connectivity index (χ1) is 9.58. The summed E-state index contributed by atoms with van der Waals surface area (Å²) in [4.78, 5) is 0. The van der Waals surface area contributed by atoms with Gasteiger partial charge < -0.3 is 15.2 Å². The first-order valence-electron chi connectivity index (χ1n) is 8.64. The number of nitrogens with one attached hydrogen (secondary N) is 1. The van der Waals surface area contributed by atoms with Crippen LogP contribution in [0.3, 0.4) is 0 Å². The fourth-order valence-corrected chi connectivity index (χ4v) is 5.02. The zero-order valence-electron chi connectivity index (χ0n) is 13.1. The molecule has 0 spiro atoms. The average Bonchev–Trinajstić information content (AvgIpc) is 2.41. The molecule has 3 heteroatoms. The minimum atomic E-state index is -0.364. The Labute approximate surface area is 123 Å². The van der Waals surface area contributed by atoms with Crippen LogP contribution in [0.15, 0.2) is 0 Å². The minimum absolute atomic E-state index is 0.131. The lowest BCUT2D eigenvalue weighted by molar-refractivity contribution is -0.174. The van der Waals surface area contributed by atoms with Crippen LogP contribution >= 0.6 is 0 Å². The van der Waals surface area contributed by atoms with Crippen LogP contribution in [0.2, 0.25) is 0 Å². The van der Waals surface area contributed by atoms with E-state index in [4.69, 9.17) is 4.74 Å². The summed E-state index contributed by atoms with van der Waals surface area (Å²) in [6.07, 6.45) is 8.83. The molecule has 4 bridgehead atoms. The van der Waals surface area contributed by atoms with Gasteiger partial charge in [-0.2, -0.15) is 0 Å². The molecule has 4 aliphatic rings. The molecule has 0 heterocycles. The Kier molecular flexibility index (Phi) is 4.40. The summed E-state index contributed by atoms with van der Waals surface area (Å²) in [6, 6.07) is 0.476. The number of aliphatic hydroxyl groups excluding tert-OH is 1. The standard InChI is InChI=1S/C17H31NO2/c1-3-12(2)18-10-16(19)11-20-17-7-13-4-14(8-17)6-15(5-13)9-17/h12-16,18-19H,3-11H2,1-2H3. The number of rotatable bonds is 7. The topological polar surface area (TPSA) is 41.5 Å². The molecule has 116 valence electrons. The van der Waals surface area contributed by atoms with Crippen molar-refractivity contribution < 1.29 is 9.84 Å². The third kappa shape index (κ3) is 3.20. The molecule has 3 nitrogen and oxygen atoms in total. The van der Waals surface area contributed by atoms with Crippen molar-refractivity contribution in [2.75, 3.05) is 13.2 Å². The zero-order chi connectivity index (χ0) is 14.2. The Morgan fingerprint density at radius 1 is 1.15 bits per heavy atom. The van der Waals surface area contributed by atoms with Crippen molar-refractivity contribution in [1.82, 2.24) is 5.32 Å². The summed E-state index contributed by atoms with van der Waals surface area (Å²) in [5.74, 6) is 2.74. The van der Waals surface area contributed by atoms with Crippen LogP contribution < -0.4 is 5.32 Å². The Hall–Kier alpha value is -0.120. The van der Waals surface area contributed by atoms with E-state index in [-0.39, 0.29) is 11.7 Å². The number of hydrogen-bond acceptors (Lipinski definition) is 3. The summed E-state index contributed by atoms with van der Waals surface area (Å²) >= 11 is 0. The Bertz CT molecular complexity index is 296. The lowest BCUT2D eigenvalue weighted by Gasteiger charge is -2.56. The van der Waals surface area contributed by atoms with Gasteiger partial charge in [0.25, 0.3) is 0 Å². The summed E-state index contributed by atoms with van der Waals surface area (Å²) < 4.78 is 6.28. The van der Waals surface area contributed by atoms with Crippen LogP contribution in [-0.4, -0.2) is 36.0 Å². The Balaban J connectivity index is 1.46. The second-order valence-electron chi connectivity index (χ2n) is 7.78. The van der Waals surface area contributed by atoms with E-state index >= 15 is 0 Å².